The molecular weight excluding hydrogens is 216 g/mol. The van der Waals surface area contributed by atoms with Crippen molar-refractivity contribution < 1.29 is 4.79 Å². The summed E-state index contributed by atoms with van der Waals surface area (Å²) in [6.45, 7) is 3.94. The average Bonchev–Trinajstić information content (AvgIpc) is 2.76. The minimum atomic E-state index is -0.567. The third kappa shape index (κ3) is 2.29. The first-order valence-electron chi connectivity index (χ1n) is 5.47. The van der Waals surface area contributed by atoms with E-state index < -0.39 is 5.41 Å². The van der Waals surface area contributed by atoms with Crippen molar-refractivity contribution in [3.8, 4) is 0 Å². The second-order valence-electron chi connectivity index (χ2n) is 4.68. The summed E-state index contributed by atoms with van der Waals surface area (Å²) in [5.41, 5.74) is 7.51. The third-order valence-corrected chi connectivity index (χ3v) is 2.80. The Morgan fingerprint density at radius 3 is 3.00 bits per heavy atom. The molecule has 0 unspecified atom stereocenters. The van der Waals surface area contributed by atoms with E-state index in [0.29, 0.717) is 6.54 Å². The number of fused-ring (bicyclic) bond motifs is 1. The molecule has 0 saturated heterocycles. The monoisotopic (exact) mass is 232 g/mol. The number of nitrogens with one attached hydrogen (secondary N) is 2. The smallest absolute Gasteiger partial charge is 0.231 e. The lowest BCUT2D eigenvalue weighted by atomic mass is 9.92. The topological polar surface area (TPSA) is 83.8 Å². The van der Waals surface area contributed by atoms with Gasteiger partial charge in [-0.3, -0.25) is 4.79 Å². The summed E-state index contributed by atoms with van der Waals surface area (Å²) in [6, 6.07) is 5.54. The number of imidazole rings is 1. The van der Waals surface area contributed by atoms with Crippen LogP contribution in [0.2, 0.25) is 0 Å². The molecule has 1 aromatic heterocycles. The van der Waals surface area contributed by atoms with Crippen LogP contribution >= 0.6 is 0 Å². The first-order chi connectivity index (χ1) is 8.03. The Balaban J connectivity index is 2.21. The summed E-state index contributed by atoms with van der Waals surface area (Å²) in [7, 11) is 0. The lowest BCUT2D eigenvalue weighted by Gasteiger charge is -2.21. The van der Waals surface area contributed by atoms with E-state index in [1.807, 2.05) is 32.0 Å². The largest absolute Gasteiger partial charge is 0.345 e. The molecule has 2 aromatic rings. The fraction of sp³-hybridized carbons (Fsp3) is 0.333. The van der Waals surface area contributed by atoms with Crippen LogP contribution in [-0.2, 0) is 4.79 Å². The zero-order valence-corrected chi connectivity index (χ0v) is 9.95. The number of hydrogen-bond acceptors (Lipinski definition) is 3. The molecule has 0 radical (unpaired) electrons. The summed E-state index contributed by atoms with van der Waals surface area (Å²) in [5, 5.41) is 2.85. The lowest BCUT2D eigenvalue weighted by Crippen LogP contribution is -2.37. The van der Waals surface area contributed by atoms with Crippen molar-refractivity contribution in [2.24, 2.45) is 11.1 Å². The molecule has 4 N–H and O–H groups in total. The molecule has 17 heavy (non-hydrogen) atoms. The number of rotatable bonds is 3. The van der Waals surface area contributed by atoms with E-state index in [9.17, 15) is 4.79 Å². The van der Waals surface area contributed by atoms with E-state index in [2.05, 4.69) is 15.3 Å². The maximum absolute atomic E-state index is 11.9. The van der Waals surface area contributed by atoms with Crippen LogP contribution in [0.5, 0.6) is 0 Å². The first-order valence-corrected chi connectivity index (χ1v) is 5.47. The molecule has 0 saturated carbocycles. The van der Waals surface area contributed by atoms with E-state index in [0.717, 1.165) is 16.7 Å². The van der Waals surface area contributed by atoms with Crippen LogP contribution in [0.25, 0.3) is 11.0 Å². The normalized spacial score (nSPS) is 11.7. The first kappa shape index (κ1) is 11.6. The van der Waals surface area contributed by atoms with Crippen LogP contribution in [0.3, 0.4) is 0 Å². The predicted octanol–water partition coefficient (Wildman–Crippen LogP) is 1.49. The highest BCUT2D eigenvalue weighted by Gasteiger charge is 2.25. The summed E-state index contributed by atoms with van der Waals surface area (Å²) in [4.78, 5) is 19.0. The van der Waals surface area contributed by atoms with Gasteiger partial charge in [0.25, 0.3) is 0 Å². The van der Waals surface area contributed by atoms with Crippen molar-refractivity contribution in [2.75, 3.05) is 11.9 Å². The highest BCUT2D eigenvalue weighted by atomic mass is 16.2. The molecule has 5 heteroatoms. The molecule has 5 nitrogen and oxygen atoms in total. The second kappa shape index (κ2) is 4.18. The molecule has 0 atom stereocenters. The maximum atomic E-state index is 11.9. The van der Waals surface area contributed by atoms with Crippen molar-refractivity contribution >= 4 is 22.6 Å². The number of nitrogens with two attached hydrogens (primary N) is 1. The Labute approximate surface area is 99.4 Å². The molecule has 0 fully saturated rings. The fourth-order valence-electron chi connectivity index (χ4n) is 1.41. The number of carbonyl (C=O) groups excluding carboxylic acids is 1. The van der Waals surface area contributed by atoms with Crippen LogP contribution in [0.1, 0.15) is 13.8 Å². The number of anilines is 1. The number of H-pyrrole nitrogens is 1. The van der Waals surface area contributed by atoms with Crippen LogP contribution in [0.4, 0.5) is 5.69 Å². The lowest BCUT2D eigenvalue weighted by molar-refractivity contribution is -0.123. The Bertz CT molecular complexity index is 544. The van der Waals surface area contributed by atoms with Gasteiger partial charge in [-0.15, -0.1) is 0 Å². The SMILES string of the molecule is CC(C)(CN)C(=O)Nc1ccc2nc[nH]c2c1. The van der Waals surface area contributed by atoms with E-state index in [-0.39, 0.29) is 5.91 Å². The molecule has 2 rings (SSSR count). The summed E-state index contributed by atoms with van der Waals surface area (Å²) < 4.78 is 0. The average molecular weight is 232 g/mol. The summed E-state index contributed by atoms with van der Waals surface area (Å²) >= 11 is 0. The van der Waals surface area contributed by atoms with Gasteiger partial charge in [-0.1, -0.05) is 0 Å². The molecule has 1 amide bonds. The number of aromatic nitrogens is 2. The van der Waals surface area contributed by atoms with Crippen LogP contribution in [0, 0.1) is 5.41 Å². The van der Waals surface area contributed by atoms with Gasteiger partial charge in [-0.05, 0) is 32.0 Å². The predicted molar refractivity (Wildman–Crippen MR) is 67.6 cm³/mol. The van der Waals surface area contributed by atoms with Crippen molar-refractivity contribution in [2.45, 2.75) is 13.8 Å². The number of aromatic amines is 1. The fourth-order valence-corrected chi connectivity index (χ4v) is 1.41. The molecule has 0 aliphatic carbocycles. The molecule has 0 aliphatic rings. The van der Waals surface area contributed by atoms with Crippen LogP contribution in [-0.4, -0.2) is 22.4 Å². The van der Waals surface area contributed by atoms with Gasteiger partial charge in [0, 0.05) is 12.2 Å². The molecule has 1 aromatic carbocycles. The van der Waals surface area contributed by atoms with E-state index in [1.165, 1.54) is 0 Å². The standard InChI is InChI=1S/C12H16N4O/c1-12(2,6-13)11(17)16-8-3-4-9-10(5-8)15-7-14-9/h3-5,7H,6,13H2,1-2H3,(H,14,15)(H,16,17). The van der Waals surface area contributed by atoms with Gasteiger partial charge < -0.3 is 16.0 Å². The molecule has 0 spiro atoms. The van der Waals surface area contributed by atoms with E-state index >= 15 is 0 Å². The molecule has 1 heterocycles. The quantitative estimate of drug-likeness (QED) is 0.749. The summed E-state index contributed by atoms with van der Waals surface area (Å²) in [6.07, 6.45) is 1.63. The minimum absolute atomic E-state index is 0.0844. The zero-order valence-electron chi connectivity index (χ0n) is 9.95. The van der Waals surface area contributed by atoms with Crippen LogP contribution < -0.4 is 11.1 Å². The van der Waals surface area contributed by atoms with Crippen molar-refractivity contribution in [3.63, 3.8) is 0 Å². The van der Waals surface area contributed by atoms with Gasteiger partial charge >= 0.3 is 0 Å². The highest BCUT2D eigenvalue weighted by molar-refractivity contribution is 5.96. The van der Waals surface area contributed by atoms with Gasteiger partial charge in [0.2, 0.25) is 5.91 Å². The molecule has 90 valence electrons. The molecule has 0 aliphatic heterocycles. The van der Waals surface area contributed by atoms with Crippen molar-refractivity contribution in [1.82, 2.24) is 9.97 Å². The van der Waals surface area contributed by atoms with Gasteiger partial charge in [0.1, 0.15) is 0 Å². The van der Waals surface area contributed by atoms with Gasteiger partial charge in [0.15, 0.2) is 0 Å². The molecular formula is C12H16N4O. The van der Waals surface area contributed by atoms with Gasteiger partial charge in [0.05, 0.1) is 22.8 Å². The number of amides is 1. The van der Waals surface area contributed by atoms with Gasteiger partial charge in [-0.2, -0.15) is 0 Å². The Hall–Kier alpha value is -1.88. The minimum Gasteiger partial charge on any atom is -0.345 e. The Morgan fingerprint density at radius 2 is 2.29 bits per heavy atom. The summed E-state index contributed by atoms with van der Waals surface area (Å²) in [5.74, 6) is -0.0844. The maximum Gasteiger partial charge on any atom is 0.231 e. The number of benzene rings is 1. The van der Waals surface area contributed by atoms with E-state index in [4.69, 9.17) is 5.73 Å². The number of carbonyl (C=O) groups is 1. The second-order valence-corrected chi connectivity index (χ2v) is 4.68. The third-order valence-electron chi connectivity index (χ3n) is 2.80. The van der Waals surface area contributed by atoms with Crippen molar-refractivity contribution in [1.29, 1.82) is 0 Å². The van der Waals surface area contributed by atoms with Crippen LogP contribution in [0.15, 0.2) is 24.5 Å². The molecule has 0 bridgehead atoms. The number of hydrogen-bond donors (Lipinski definition) is 3. The Kier molecular flexibility index (Phi) is 2.85. The van der Waals surface area contributed by atoms with Gasteiger partial charge in [-0.25, -0.2) is 4.98 Å². The van der Waals surface area contributed by atoms with Crippen molar-refractivity contribution in [3.05, 3.63) is 24.5 Å². The highest BCUT2D eigenvalue weighted by Crippen LogP contribution is 2.19. The number of nitrogens with zero attached hydrogens (tertiary/aromatic N) is 1. The zero-order chi connectivity index (χ0) is 12.5. The Morgan fingerprint density at radius 1 is 1.53 bits per heavy atom. The van der Waals surface area contributed by atoms with E-state index in [1.54, 1.807) is 6.33 Å².